The van der Waals surface area contributed by atoms with E-state index < -0.39 is 10.0 Å². The largest absolute Gasteiger partial charge is 0.322 e. The minimum atomic E-state index is -3.64. The van der Waals surface area contributed by atoms with Crippen molar-refractivity contribution in [2.45, 2.75) is 25.2 Å². The van der Waals surface area contributed by atoms with E-state index in [9.17, 15) is 13.2 Å². The molecule has 2 atom stereocenters. The monoisotopic (exact) mass is 396 g/mol. The van der Waals surface area contributed by atoms with Crippen LogP contribution in [0.1, 0.15) is 36.2 Å². The van der Waals surface area contributed by atoms with E-state index in [-0.39, 0.29) is 16.4 Å². The van der Waals surface area contributed by atoms with Gasteiger partial charge >= 0.3 is 0 Å². The van der Waals surface area contributed by atoms with Crippen LogP contribution in [0.2, 0.25) is 0 Å². The van der Waals surface area contributed by atoms with Crippen LogP contribution in [0, 0.1) is 24.2 Å². The third-order valence-corrected chi connectivity index (χ3v) is 6.68. The van der Waals surface area contributed by atoms with E-state index in [2.05, 4.69) is 25.1 Å². The molecule has 5 nitrogen and oxygen atoms in total. The molecular weight excluding hydrogens is 372 g/mol. The van der Waals surface area contributed by atoms with Crippen LogP contribution in [-0.2, 0) is 10.0 Å². The number of hydrogen-bond acceptors (Lipinski definition) is 3. The van der Waals surface area contributed by atoms with Gasteiger partial charge in [0.15, 0.2) is 0 Å². The Morgan fingerprint density at radius 3 is 2.46 bits per heavy atom. The number of nitrogens with one attached hydrogen (secondary N) is 1. The predicted octanol–water partition coefficient (Wildman–Crippen LogP) is 3.59. The number of piperidine rings is 1. The molecular formula is C22H24N2O3S. The summed E-state index contributed by atoms with van der Waals surface area (Å²) in [6.07, 6.45) is 6.40. The Balaban J connectivity index is 1.83. The van der Waals surface area contributed by atoms with Crippen LogP contribution in [0.5, 0.6) is 0 Å². The lowest BCUT2D eigenvalue weighted by Gasteiger charge is -2.34. The SMILES string of the molecule is C#Cc1cccc(NC(=O)c2cccc(S(=O)(=O)N3CC(C)CC(C)C3)c2)c1. The lowest BCUT2D eigenvalue weighted by molar-refractivity contribution is 0.102. The highest BCUT2D eigenvalue weighted by atomic mass is 32.2. The van der Waals surface area contributed by atoms with E-state index in [0.29, 0.717) is 36.2 Å². The zero-order valence-electron chi connectivity index (χ0n) is 16.1. The molecule has 0 aliphatic carbocycles. The molecule has 3 rings (SSSR count). The smallest absolute Gasteiger partial charge is 0.255 e. The van der Waals surface area contributed by atoms with E-state index in [1.807, 2.05) is 0 Å². The fraction of sp³-hybridized carbons (Fsp3) is 0.318. The summed E-state index contributed by atoms with van der Waals surface area (Å²) in [6.45, 7) is 5.13. The average Bonchev–Trinajstić information content (AvgIpc) is 2.67. The molecule has 6 heteroatoms. The molecule has 1 amide bonds. The van der Waals surface area contributed by atoms with Crippen LogP contribution in [-0.4, -0.2) is 31.7 Å². The predicted molar refractivity (Wildman–Crippen MR) is 110 cm³/mol. The lowest BCUT2D eigenvalue weighted by atomic mass is 9.94. The Morgan fingerprint density at radius 2 is 1.79 bits per heavy atom. The molecule has 0 bridgehead atoms. The van der Waals surface area contributed by atoms with Gasteiger partial charge in [-0.1, -0.05) is 31.9 Å². The lowest BCUT2D eigenvalue weighted by Crippen LogP contribution is -2.42. The number of nitrogens with zero attached hydrogens (tertiary/aromatic N) is 1. The molecule has 1 N–H and O–H groups in total. The second-order valence-electron chi connectivity index (χ2n) is 7.48. The van der Waals surface area contributed by atoms with Gasteiger partial charge in [0.2, 0.25) is 10.0 Å². The summed E-state index contributed by atoms with van der Waals surface area (Å²) in [5.74, 6) is 2.76. The van der Waals surface area contributed by atoms with Gasteiger partial charge in [0, 0.05) is 29.9 Å². The van der Waals surface area contributed by atoms with Crippen molar-refractivity contribution in [3.8, 4) is 12.3 Å². The van der Waals surface area contributed by atoms with Gasteiger partial charge in [0.05, 0.1) is 4.90 Å². The fourth-order valence-corrected chi connectivity index (χ4v) is 5.36. The van der Waals surface area contributed by atoms with Crippen molar-refractivity contribution in [3.05, 3.63) is 59.7 Å². The molecule has 2 aromatic carbocycles. The first-order valence-corrected chi connectivity index (χ1v) is 10.7. The molecule has 146 valence electrons. The van der Waals surface area contributed by atoms with Crippen molar-refractivity contribution < 1.29 is 13.2 Å². The molecule has 0 radical (unpaired) electrons. The third kappa shape index (κ3) is 4.44. The summed E-state index contributed by atoms with van der Waals surface area (Å²) < 4.78 is 27.7. The summed E-state index contributed by atoms with van der Waals surface area (Å²) in [5.41, 5.74) is 1.50. The van der Waals surface area contributed by atoms with E-state index in [0.717, 1.165) is 6.42 Å². The van der Waals surface area contributed by atoms with Gasteiger partial charge in [-0.25, -0.2) is 8.42 Å². The number of carbonyl (C=O) groups is 1. The Kier molecular flexibility index (Phi) is 5.87. The third-order valence-electron chi connectivity index (χ3n) is 4.86. The van der Waals surface area contributed by atoms with Crippen molar-refractivity contribution in [1.29, 1.82) is 0 Å². The Morgan fingerprint density at radius 1 is 1.11 bits per heavy atom. The quantitative estimate of drug-likeness (QED) is 0.803. The molecule has 1 heterocycles. The van der Waals surface area contributed by atoms with Crippen LogP contribution < -0.4 is 5.32 Å². The highest BCUT2D eigenvalue weighted by Crippen LogP contribution is 2.27. The van der Waals surface area contributed by atoms with Crippen molar-refractivity contribution in [1.82, 2.24) is 4.31 Å². The van der Waals surface area contributed by atoms with E-state index in [4.69, 9.17) is 6.42 Å². The van der Waals surface area contributed by atoms with Crippen LogP contribution in [0.25, 0.3) is 0 Å². The van der Waals surface area contributed by atoms with Crippen molar-refractivity contribution in [3.63, 3.8) is 0 Å². The van der Waals surface area contributed by atoms with Crippen LogP contribution in [0.3, 0.4) is 0 Å². The molecule has 1 fully saturated rings. The summed E-state index contributed by atoms with van der Waals surface area (Å²) in [7, 11) is -3.64. The fourth-order valence-electron chi connectivity index (χ4n) is 3.64. The van der Waals surface area contributed by atoms with E-state index >= 15 is 0 Å². The number of carbonyl (C=O) groups excluding carboxylic acids is 1. The Hall–Kier alpha value is -2.62. The second kappa shape index (κ2) is 8.17. The van der Waals surface area contributed by atoms with Crippen LogP contribution >= 0.6 is 0 Å². The summed E-state index contributed by atoms with van der Waals surface area (Å²) in [5, 5.41) is 2.76. The second-order valence-corrected chi connectivity index (χ2v) is 9.41. The number of benzene rings is 2. The first kappa shape index (κ1) is 20.1. The maximum atomic E-state index is 13.1. The van der Waals surface area contributed by atoms with Crippen LogP contribution in [0.4, 0.5) is 5.69 Å². The zero-order valence-corrected chi connectivity index (χ0v) is 16.9. The van der Waals surface area contributed by atoms with Crippen molar-refractivity contribution in [2.75, 3.05) is 18.4 Å². The van der Waals surface area contributed by atoms with Gasteiger partial charge in [-0.2, -0.15) is 4.31 Å². The van der Waals surface area contributed by atoms with Gasteiger partial charge in [-0.15, -0.1) is 6.42 Å². The number of amides is 1. The highest BCUT2D eigenvalue weighted by Gasteiger charge is 2.31. The zero-order chi connectivity index (χ0) is 20.3. The Labute approximate surface area is 166 Å². The maximum Gasteiger partial charge on any atom is 0.255 e. The van der Waals surface area contributed by atoms with Gasteiger partial charge in [0.1, 0.15) is 0 Å². The first-order valence-electron chi connectivity index (χ1n) is 9.28. The van der Waals surface area contributed by atoms with Gasteiger partial charge in [-0.05, 0) is 54.7 Å². The molecule has 1 saturated heterocycles. The maximum absolute atomic E-state index is 13.1. The Bertz CT molecular complexity index is 1010. The van der Waals surface area contributed by atoms with Gasteiger partial charge < -0.3 is 5.32 Å². The first-order chi connectivity index (χ1) is 13.3. The summed E-state index contributed by atoms with van der Waals surface area (Å²) in [4.78, 5) is 12.7. The van der Waals surface area contributed by atoms with Gasteiger partial charge in [-0.3, -0.25) is 4.79 Å². The topological polar surface area (TPSA) is 66.5 Å². The summed E-state index contributed by atoms with van der Waals surface area (Å²) in [6, 6.07) is 13.1. The molecule has 2 unspecified atom stereocenters. The van der Waals surface area contributed by atoms with Crippen LogP contribution in [0.15, 0.2) is 53.4 Å². The van der Waals surface area contributed by atoms with E-state index in [1.54, 1.807) is 36.4 Å². The van der Waals surface area contributed by atoms with Gasteiger partial charge in [0.25, 0.3) is 5.91 Å². The highest BCUT2D eigenvalue weighted by molar-refractivity contribution is 7.89. The molecule has 2 aromatic rings. The molecule has 28 heavy (non-hydrogen) atoms. The number of rotatable bonds is 4. The average molecular weight is 397 g/mol. The molecule has 0 spiro atoms. The standard InChI is InChI=1S/C22H24N2O3S/c1-4-18-7-5-9-20(12-18)23-22(25)19-8-6-10-21(13-19)28(26,27)24-14-16(2)11-17(3)15-24/h1,5-10,12-13,16-17H,11,14-15H2,2-3H3,(H,23,25). The van der Waals surface area contributed by atoms with Crippen molar-refractivity contribution in [2.24, 2.45) is 11.8 Å². The molecule has 0 saturated carbocycles. The minimum absolute atomic E-state index is 0.138. The van der Waals surface area contributed by atoms with Crippen molar-refractivity contribution >= 4 is 21.6 Å². The molecule has 1 aliphatic rings. The summed E-state index contributed by atoms with van der Waals surface area (Å²) >= 11 is 0. The minimum Gasteiger partial charge on any atom is -0.322 e. The normalized spacial score (nSPS) is 20.3. The molecule has 1 aliphatic heterocycles. The molecule has 0 aromatic heterocycles. The van der Waals surface area contributed by atoms with E-state index in [1.165, 1.54) is 16.4 Å². The number of hydrogen-bond donors (Lipinski definition) is 1. The number of anilines is 1. The number of sulfonamides is 1. The number of terminal acetylenes is 1.